The van der Waals surface area contributed by atoms with Crippen molar-refractivity contribution in [3.63, 3.8) is 0 Å². The van der Waals surface area contributed by atoms with E-state index in [1.165, 1.54) is 0 Å². The van der Waals surface area contributed by atoms with Crippen LogP contribution in [-0.2, 0) is 9.59 Å². The summed E-state index contributed by atoms with van der Waals surface area (Å²) in [6, 6.07) is 0. The summed E-state index contributed by atoms with van der Waals surface area (Å²) >= 11 is 3.22. The maximum absolute atomic E-state index is 11.7. The molecule has 1 aliphatic rings. The topological polar surface area (TPSA) is 49.4 Å². The van der Waals surface area contributed by atoms with E-state index in [4.69, 9.17) is 0 Å². The van der Waals surface area contributed by atoms with Gasteiger partial charge in [0.2, 0.25) is 11.8 Å². The van der Waals surface area contributed by atoms with Crippen LogP contribution in [0.4, 0.5) is 0 Å². The van der Waals surface area contributed by atoms with Gasteiger partial charge in [0, 0.05) is 24.8 Å². The third kappa shape index (κ3) is 2.08. The van der Waals surface area contributed by atoms with Gasteiger partial charge in [-0.25, -0.2) is 0 Å². The number of carbonyl (C=O) groups is 2. The minimum atomic E-state index is -0.711. The Bertz CT molecular complexity index is 253. The van der Waals surface area contributed by atoms with Crippen molar-refractivity contribution in [2.24, 2.45) is 0 Å². The second kappa shape index (κ2) is 4.29. The third-order valence-electron chi connectivity index (χ3n) is 2.46. The smallest absolute Gasteiger partial charge is 0.245 e. The van der Waals surface area contributed by atoms with Gasteiger partial charge in [-0.2, -0.15) is 0 Å². The molecule has 0 saturated carbocycles. The molecule has 5 heteroatoms. The molecular formula is C9H15BrN2O2. The Morgan fingerprint density at radius 3 is 2.86 bits per heavy atom. The molecular weight excluding hydrogens is 248 g/mol. The highest BCUT2D eigenvalue weighted by molar-refractivity contribution is 9.09. The first-order chi connectivity index (χ1) is 6.50. The molecule has 0 aliphatic carbocycles. The maximum atomic E-state index is 11.7. The summed E-state index contributed by atoms with van der Waals surface area (Å²) in [7, 11) is 0. The van der Waals surface area contributed by atoms with Gasteiger partial charge >= 0.3 is 0 Å². The highest BCUT2D eigenvalue weighted by atomic mass is 79.9. The van der Waals surface area contributed by atoms with Crippen LogP contribution in [0.25, 0.3) is 0 Å². The van der Waals surface area contributed by atoms with Crippen LogP contribution < -0.4 is 5.32 Å². The highest BCUT2D eigenvalue weighted by Crippen LogP contribution is 2.18. The molecule has 0 atom stereocenters. The van der Waals surface area contributed by atoms with Gasteiger partial charge in [-0.3, -0.25) is 9.59 Å². The summed E-state index contributed by atoms with van der Waals surface area (Å²) in [5, 5.41) is 3.39. The van der Waals surface area contributed by atoms with E-state index in [2.05, 4.69) is 21.2 Å². The molecule has 1 saturated heterocycles. The molecule has 0 bridgehead atoms. The largest absolute Gasteiger partial charge is 0.352 e. The molecule has 0 radical (unpaired) electrons. The predicted molar refractivity (Wildman–Crippen MR) is 57.2 cm³/mol. The molecule has 1 fully saturated rings. The molecule has 0 aromatic rings. The van der Waals surface area contributed by atoms with Crippen molar-refractivity contribution in [2.45, 2.75) is 25.8 Å². The summed E-state index contributed by atoms with van der Waals surface area (Å²) in [5.74, 6) is -0.0478. The van der Waals surface area contributed by atoms with Gasteiger partial charge in [-0.15, -0.1) is 0 Å². The van der Waals surface area contributed by atoms with Gasteiger partial charge in [0.15, 0.2) is 0 Å². The fourth-order valence-electron chi connectivity index (χ4n) is 1.55. The van der Waals surface area contributed by atoms with Crippen LogP contribution in [-0.4, -0.2) is 40.7 Å². The van der Waals surface area contributed by atoms with Gasteiger partial charge in [0.25, 0.3) is 0 Å². The van der Waals surface area contributed by atoms with Crippen LogP contribution >= 0.6 is 15.9 Å². The first-order valence-corrected chi connectivity index (χ1v) is 5.77. The SMILES string of the molecule is CC1(C)C(=O)NCCN1C(=O)CCBr. The van der Waals surface area contributed by atoms with Crippen molar-refractivity contribution < 1.29 is 9.59 Å². The number of alkyl halides is 1. The Balaban J connectivity index is 2.76. The number of hydrogen-bond acceptors (Lipinski definition) is 2. The Morgan fingerprint density at radius 1 is 1.64 bits per heavy atom. The van der Waals surface area contributed by atoms with Crippen molar-refractivity contribution in [2.75, 3.05) is 18.4 Å². The van der Waals surface area contributed by atoms with E-state index >= 15 is 0 Å². The number of carbonyl (C=O) groups excluding carboxylic acids is 2. The molecule has 14 heavy (non-hydrogen) atoms. The number of nitrogens with zero attached hydrogens (tertiary/aromatic N) is 1. The second-order valence-electron chi connectivity index (χ2n) is 3.80. The van der Waals surface area contributed by atoms with E-state index in [1.807, 2.05) is 0 Å². The zero-order chi connectivity index (χ0) is 10.8. The second-order valence-corrected chi connectivity index (χ2v) is 4.59. The van der Waals surface area contributed by atoms with Crippen molar-refractivity contribution in [3.8, 4) is 0 Å². The lowest BCUT2D eigenvalue weighted by molar-refractivity contribution is -0.148. The quantitative estimate of drug-likeness (QED) is 0.738. The van der Waals surface area contributed by atoms with E-state index < -0.39 is 5.54 Å². The highest BCUT2D eigenvalue weighted by Gasteiger charge is 2.39. The lowest BCUT2D eigenvalue weighted by atomic mass is 9.98. The van der Waals surface area contributed by atoms with Crippen LogP contribution in [0.3, 0.4) is 0 Å². The molecule has 4 nitrogen and oxygen atoms in total. The molecule has 1 heterocycles. The standard InChI is InChI=1S/C9H15BrN2O2/c1-9(2)8(14)11-5-6-12(9)7(13)3-4-10/h3-6H2,1-2H3,(H,11,14). The van der Waals surface area contributed by atoms with Crippen molar-refractivity contribution >= 4 is 27.7 Å². The average Bonchev–Trinajstić information content (AvgIpc) is 2.10. The Hall–Kier alpha value is -0.580. The molecule has 2 amide bonds. The molecule has 0 aromatic carbocycles. The summed E-state index contributed by atoms with van der Waals surface area (Å²) in [5.41, 5.74) is -0.711. The molecule has 0 unspecified atom stereocenters. The van der Waals surface area contributed by atoms with Crippen molar-refractivity contribution in [3.05, 3.63) is 0 Å². The van der Waals surface area contributed by atoms with Crippen LogP contribution in [0, 0.1) is 0 Å². The van der Waals surface area contributed by atoms with Gasteiger partial charge < -0.3 is 10.2 Å². The van der Waals surface area contributed by atoms with Gasteiger partial charge in [0.1, 0.15) is 5.54 Å². The first-order valence-electron chi connectivity index (χ1n) is 4.65. The monoisotopic (exact) mass is 262 g/mol. The number of hydrogen-bond donors (Lipinski definition) is 1. The predicted octanol–water partition coefficient (Wildman–Crippen LogP) is 0.508. The first kappa shape index (κ1) is 11.5. The lowest BCUT2D eigenvalue weighted by Gasteiger charge is -2.41. The minimum Gasteiger partial charge on any atom is -0.352 e. The van der Waals surface area contributed by atoms with E-state index in [0.29, 0.717) is 24.8 Å². The lowest BCUT2D eigenvalue weighted by Crippen LogP contribution is -2.63. The molecule has 0 aromatic heterocycles. The van der Waals surface area contributed by atoms with Crippen molar-refractivity contribution in [1.82, 2.24) is 10.2 Å². The van der Waals surface area contributed by atoms with Crippen LogP contribution in [0.2, 0.25) is 0 Å². The zero-order valence-electron chi connectivity index (χ0n) is 8.47. The van der Waals surface area contributed by atoms with Crippen molar-refractivity contribution in [1.29, 1.82) is 0 Å². The number of piperazine rings is 1. The maximum Gasteiger partial charge on any atom is 0.245 e. The van der Waals surface area contributed by atoms with E-state index in [1.54, 1.807) is 18.7 Å². The average molecular weight is 263 g/mol. The molecule has 1 N–H and O–H groups in total. The normalized spacial score (nSPS) is 20.5. The van der Waals surface area contributed by atoms with Gasteiger partial charge in [0.05, 0.1) is 0 Å². The zero-order valence-corrected chi connectivity index (χ0v) is 10.1. The number of amides is 2. The number of rotatable bonds is 2. The number of halogens is 1. The summed E-state index contributed by atoms with van der Waals surface area (Å²) in [6.07, 6.45) is 0.441. The summed E-state index contributed by atoms with van der Waals surface area (Å²) < 4.78 is 0. The Morgan fingerprint density at radius 2 is 2.29 bits per heavy atom. The van der Waals surface area contributed by atoms with E-state index in [0.717, 1.165) is 0 Å². The third-order valence-corrected chi connectivity index (χ3v) is 2.86. The molecule has 1 rings (SSSR count). The van der Waals surface area contributed by atoms with E-state index in [9.17, 15) is 9.59 Å². The Kier molecular flexibility index (Phi) is 3.53. The minimum absolute atomic E-state index is 0.0294. The Labute approximate surface area is 92.2 Å². The fraction of sp³-hybridized carbons (Fsp3) is 0.778. The molecule has 1 aliphatic heterocycles. The van der Waals surface area contributed by atoms with Crippen LogP contribution in [0.1, 0.15) is 20.3 Å². The number of nitrogens with one attached hydrogen (secondary N) is 1. The molecule has 0 spiro atoms. The molecule has 80 valence electrons. The van der Waals surface area contributed by atoms with Crippen LogP contribution in [0.5, 0.6) is 0 Å². The summed E-state index contributed by atoms with van der Waals surface area (Å²) in [4.78, 5) is 24.8. The van der Waals surface area contributed by atoms with Gasteiger partial charge in [-0.1, -0.05) is 15.9 Å². The summed E-state index contributed by atoms with van der Waals surface area (Å²) in [6.45, 7) is 4.70. The van der Waals surface area contributed by atoms with Gasteiger partial charge in [-0.05, 0) is 13.8 Å². The fourth-order valence-corrected chi connectivity index (χ4v) is 1.89. The van der Waals surface area contributed by atoms with Crippen LogP contribution in [0.15, 0.2) is 0 Å². The van der Waals surface area contributed by atoms with E-state index in [-0.39, 0.29) is 11.8 Å².